The summed E-state index contributed by atoms with van der Waals surface area (Å²) in [5.41, 5.74) is 0.181. The van der Waals surface area contributed by atoms with E-state index in [1.54, 1.807) is 24.3 Å². The summed E-state index contributed by atoms with van der Waals surface area (Å²) in [6.45, 7) is -0.0226. The average Bonchev–Trinajstić information content (AvgIpc) is 2.33. The molecule has 0 spiro atoms. The Hall–Kier alpha value is -1.61. The smallest absolute Gasteiger partial charge is 0.165 e. The van der Waals surface area contributed by atoms with Crippen molar-refractivity contribution in [3.8, 4) is 5.75 Å². The molecule has 2 aromatic rings. The first kappa shape index (κ1) is 11.9. The van der Waals surface area contributed by atoms with Crippen molar-refractivity contribution in [1.82, 2.24) is 0 Å². The second kappa shape index (κ2) is 5.15. The van der Waals surface area contributed by atoms with Crippen LogP contribution in [0.2, 0.25) is 5.02 Å². The number of benzene rings is 2. The molecule has 0 atom stereocenters. The van der Waals surface area contributed by atoms with E-state index in [-0.39, 0.29) is 12.2 Å². The van der Waals surface area contributed by atoms with Gasteiger partial charge < -0.3 is 4.74 Å². The van der Waals surface area contributed by atoms with Crippen molar-refractivity contribution in [1.29, 1.82) is 0 Å². The minimum absolute atomic E-state index is 0.0226. The first-order valence-corrected chi connectivity index (χ1v) is 5.36. The van der Waals surface area contributed by atoms with Crippen molar-refractivity contribution in [2.75, 3.05) is 0 Å². The number of hydrogen-bond donors (Lipinski definition) is 0. The van der Waals surface area contributed by atoms with Gasteiger partial charge in [0.1, 0.15) is 12.4 Å². The fourth-order valence-electron chi connectivity index (χ4n) is 1.35. The van der Waals surface area contributed by atoms with Crippen LogP contribution >= 0.6 is 11.6 Å². The number of hydrogen-bond acceptors (Lipinski definition) is 1. The molecule has 0 aromatic heterocycles. The van der Waals surface area contributed by atoms with Gasteiger partial charge in [-0.05, 0) is 30.3 Å². The number of ether oxygens (including phenoxy) is 1. The van der Waals surface area contributed by atoms with Gasteiger partial charge in [0.05, 0.1) is 0 Å². The summed E-state index contributed by atoms with van der Waals surface area (Å²) < 4.78 is 31.5. The molecule has 2 rings (SSSR count). The van der Waals surface area contributed by atoms with E-state index in [1.807, 2.05) is 0 Å². The molecule has 0 saturated carbocycles. The summed E-state index contributed by atoms with van der Waals surface area (Å²) in [6, 6.07) is 10.7. The van der Waals surface area contributed by atoms with Crippen LogP contribution in [0.4, 0.5) is 8.78 Å². The van der Waals surface area contributed by atoms with Crippen molar-refractivity contribution in [2.24, 2.45) is 0 Å². The lowest BCUT2D eigenvalue weighted by Crippen LogP contribution is -2.00. The number of halogens is 3. The Morgan fingerprint density at radius 1 is 1.00 bits per heavy atom. The monoisotopic (exact) mass is 254 g/mol. The maximum absolute atomic E-state index is 13.3. The maximum Gasteiger partial charge on any atom is 0.165 e. The molecule has 4 heteroatoms. The maximum atomic E-state index is 13.3. The van der Waals surface area contributed by atoms with Gasteiger partial charge in [0, 0.05) is 10.6 Å². The van der Waals surface area contributed by atoms with Gasteiger partial charge in [0.25, 0.3) is 0 Å². The van der Waals surface area contributed by atoms with Crippen LogP contribution in [0, 0.1) is 11.6 Å². The van der Waals surface area contributed by atoms with Crippen LogP contribution in [0.25, 0.3) is 0 Å². The van der Waals surface area contributed by atoms with E-state index in [1.165, 1.54) is 12.1 Å². The lowest BCUT2D eigenvalue weighted by atomic mass is 10.2. The van der Waals surface area contributed by atoms with Gasteiger partial charge in [0.2, 0.25) is 0 Å². The summed E-state index contributed by atoms with van der Waals surface area (Å²) in [5, 5.41) is 0.592. The lowest BCUT2D eigenvalue weighted by molar-refractivity contribution is 0.297. The Morgan fingerprint density at radius 3 is 2.41 bits per heavy atom. The summed E-state index contributed by atoms with van der Waals surface area (Å²) in [6.07, 6.45) is 0. The Kier molecular flexibility index (Phi) is 3.59. The van der Waals surface area contributed by atoms with E-state index in [4.69, 9.17) is 16.3 Å². The van der Waals surface area contributed by atoms with Crippen LogP contribution < -0.4 is 4.74 Å². The number of rotatable bonds is 3. The fraction of sp³-hybridized carbons (Fsp3) is 0.0769. The highest BCUT2D eigenvalue weighted by molar-refractivity contribution is 6.30. The van der Waals surface area contributed by atoms with Gasteiger partial charge in [-0.1, -0.05) is 23.7 Å². The molecule has 1 nitrogen and oxygen atoms in total. The molecule has 17 heavy (non-hydrogen) atoms. The molecular formula is C13H9ClF2O. The minimum Gasteiger partial charge on any atom is -0.489 e. The van der Waals surface area contributed by atoms with Crippen molar-refractivity contribution in [3.63, 3.8) is 0 Å². The Morgan fingerprint density at radius 2 is 1.71 bits per heavy atom. The van der Waals surface area contributed by atoms with E-state index in [0.717, 1.165) is 6.07 Å². The van der Waals surface area contributed by atoms with Gasteiger partial charge in [0.15, 0.2) is 11.6 Å². The zero-order valence-electron chi connectivity index (χ0n) is 8.79. The van der Waals surface area contributed by atoms with E-state index in [2.05, 4.69) is 0 Å². The Balaban J connectivity index is 2.07. The molecule has 0 N–H and O–H groups in total. The highest BCUT2D eigenvalue weighted by atomic mass is 35.5. The van der Waals surface area contributed by atoms with Crippen LogP contribution in [0.5, 0.6) is 5.75 Å². The molecule has 0 unspecified atom stereocenters. The molecule has 0 aliphatic heterocycles. The standard InChI is InChI=1S/C13H9ClF2O/c14-10-4-6-11(7-5-10)17-8-9-2-1-3-12(15)13(9)16/h1-7H,8H2. The van der Waals surface area contributed by atoms with E-state index < -0.39 is 11.6 Å². The summed E-state index contributed by atoms with van der Waals surface area (Å²) in [5.74, 6) is -1.19. The van der Waals surface area contributed by atoms with Crippen molar-refractivity contribution < 1.29 is 13.5 Å². The third kappa shape index (κ3) is 2.94. The largest absolute Gasteiger partial charge is 0.489 e. The van der Waals surface area contributed by atoms with Gasteiger partial charge in [-0.25, -0.2) is 8.78 Å². The second-order valence-corrected chi connectivity index (χ2v) is 3.89. The lowest BCUT2D eigenvalue weighted by Gasteiger charge is -2.07. The molecule has 0 saturated heterocycles. The summed E-state index contributed by atoms with van der Waals surface area (Å²) in [7, 11) is 0. The molecule has 0 aliphatic rings. The zero-order chi connectivity index (χ0) is 12.3. The third-order valence-electron chi connectivity index (χ3n) is 2.24. The SMILES string of the molecule is Fc1cccc(COc2ccc(Cl)cc2)c1F. The van der Waals surface area contributed by atoms with Gasteiger partial charge in [-0.15, -0.1) is 0 Å². The fourth-order valence-corrected chi connectivity index (χ4v) is 1.48. The highest BCUT2D eigenvalue weighted by Gasteiger charge is 2.07. The van der Waals surface area contributed by atoms with Gasteiger partial charge in [-0.2, -0.15) is 0 Å². The third-order valence-corrected chi connectivity index (χ3v) is 2.49. The first-order chi connectivity index (χ1) is 8.16. The molecule has 0 fully saturated rings. The molecule has 2 aromatic carbocycles. The second-order valence-electron chi connectivity index (χ2n) is 3.46. The Labute approximate surface area is 103 Å². The van der Waals surface area contributed by atoms with Crippen LogP contribution in [0.15, 0.2) is 42.5 Å². The van der Waals surface area contributed by atoms with Crippen LogP contribution in [0.1, 0.15) is 5.56 Å². The Bertz CT molecular complexity index is 511. The van der Waals surface area contributed by atoms with E-state index >= 15 is 0 Å². The molecular weight excluding hydrogens is 246 g/mol. The van der Waals surface area contributed by atoms with Gasteiger partial charge in [-0.3, -0.25) is 0 Å². The summed E-state index contributed by atoms with van der Waals surface area (Å²) >= 11 is 5.71. The van der Waals surface area contributed by atoms with Crippen LogP contribution in [-0.4, -0.2) is 0 Å². The molecule has 0 aliphatic carbocycles. The quantitative estimate of drug-likeness (QED) is 0.798. The average molecular weight is 255 g/mol. The topological polar surface area (TPSA) is 9.23 Å². The molecule has 0 heterocycles. The first-order valence-electron chi connectivity index (χ1n) is 4.98. The summed E-state index contributed by atoms with van der Waals surface area (Å²) in [4.78, 5) is 0. The molecule has 0 radical (unpaired) electrons. The molecule has 88 valence electrons. The predicted molar refractivity (Wildman–Crippen MR) is 62.1 cm³/mol. The van der Waals surface area contributed by atoms with Gasteiger partial charge >= 0.3 is 0 Å². The van der Waals surface area contributed by atoms with E-state index in [0.29, 0.717) is 10.8 Å². The van der Waals surface area contributed by atoms with Crippen molar-refractivity contribution in [2.45, 2.75) is 6.61 Å². The zero-order valence-corrected chi connectivity index (χ0v) is 9.55. The normalized spacial score (nSPS) is 10.3. The molecule has 0 bridgehead atoms. The van der Waals surface area contributed by atoms with Crippen LogP contribution in [0.3, 0.4) is 0 Å². The van der Waals surface area contributed by atoms with E-state index in [9.17, 15) is 8.78 Å². The minimum atomic E-state index is -0.874. The van der Waals surface area contributed by atoms with Crippen molar-refractivity contribution in [3.05, 3.63) is 64.7 Å². The predicted octanol–water partition coefficient (Wildman–Crippen LogP) is 4.20. The van der Waals surface area contributed by atoms with Crippen LogP contribution in [-0.2, 0) is 6.61 Å². The van der Waals surface area contributed by atoms with Crippen molar-refractivity contribution >= 4 is 11.6 Å². The molecule has 0 amide bonds. The highest BCUT2D eigenvalue weighted by Crippen LogP contribution is 2.18.